The first-order valence-corrected chi connectivity index (χ1v) is 10.6. The second kappa shape index (κ2) is 8.52. The monoisotopic (exact) mass is 417 g/mol. The van der Waals surface area contributed by atoms with Crippen molar-refractivity contribution in [1.82, 2.24) is 9.99 Å². The van der Waals surface area contributed by atoms with E-state index < -0.39 is 0 Å². The zero-order valence-corrected chi connectivity index (χ0v) is 17.8. The van der Waals surface area contributed by atoms with Crippen LogP contribution in [0.5, 0.6) is 0 Å². The number of para-hydroxylation sites is 1. The molecule has 0 bridgehead atoms. The van der Waals surface area contributed by atoms with Gasteiger partial charge in [-0.2, -0.15) is 5.10 Å². The lowest BCUT2D eigenvalue weighted by atomic mass is 10.0. The largest absolute Gasteiger partial charge is 0.342 e. The molecular formula is C28H23N3O. The third-order valence-electron chi connectivity index (χ3n) is 5.66. The SMILES string of the molecule is Cc1cccc(Cn2cc(/C=N\NC(=O)c3cccc4ccccc34)c3ccccc32)c1. The summed E-state index contributed by atoms with van der Waals surface area (Å²) < 4.78 is 2.22. The second-order valence-electron chi connectivity index (χ2n) is 7.94. The maximum absolute atomic E-state index is 12.8. The average molecular weight is 418 g/mol. The number of aryl methyl sites for hydroxylation is 1. The van der Waals surface area contributed by atoms with Gasteiger partial charge in [-0.15, -0.1) is 0 Å². The molecule has 0 saturated heterocycles. The van der Waals surface area contributed by atoms with Crippen molar-refractivity contribution in [3.63, 3.8) is 0 Å². The molecule has 0 aliphatic carbocycles. The van der Waals surface area contributed by atoms with Gasteiger partial charge in [-0.3, -0.25) is 4.79 Å². The summed E-state index contributed by atoms with van der Waals surface area (Å²) in [6.45, 7) is 2.88. The van der Waals surface area contributed by atoms with Crippen LogP contribution in [0.4, 0.5) is 0 Å². The number of amides is 1. The van der Waals surface area contributed by atoms with Crippen LogP contribution in [0.2, 0.25) is 0 Å². The van der Waals surface area contributed by atoms with Crippen molar-refractivity contribution in [2.45, 2.75) is 13.5 Å². The number of aromatic nitrogens is 1. The first-order chi connectivity index (χ1) is 15.7. The summed E-state index contributed by atoms with van der Waals surface area (Å²) >= 11 is 0. The van der Waals surface area contributed by atoms with Crippen molar-refractivity contribution in [2.75, 3.05) is 0 Å². The second-order valence-corrected chi connectivity index (χ2v) is 7.94. The molecule has 0 radical (unpaired) electrons. The number of carbonyl (C=O) groups is 1. The third-order valence-corrected chi connectivity index (χ3v) is 5.66. The van der Waals surface area contributed by atoms with Crippen LogP contribution in [0.3, 0.4) is 0 Å². The number of fused-ring (bicyclic) bond motifs is 2. The number of carbonyl (C=O) groups excluding carboxylic acids is 1. The van der Waals surface area contributed by atoms with Gasteiger partial charge in [0.2, 0.25) is 0 Å². The predicted octanol–water partition coefficient (Wildman–Crippen LogP) is 5.92. The summed E-state index contributed by atoms with van der Waals surface area (Å²) in [7, 11) is 0. The Morgan fingerprint density at radius 2 is 1.66 bits per heavy atom. The van der Waals surface area contributed by atoms with E-state index in [1.165, 1.54) is 11.1 Å². The van der Waals surface area contributed by atoms with Crippen LogP contribution in [0.25, 0.3) is 21.7 Å². The minimum absolute atomic E-state index is 0.221. The van der Waals surface area contributed by atoms with Crippen LogP contribution in [-0.4, -0.2) is 16.7 Å². The van der Waals surface area contributed by atoms with Crippen LogP contribution in [0.15, 0.2) is 102 Å². The lowest BCUT2D eigenvalue weighted by Crippen LogP contribution is -2.17. The van der Waals surface area contributed by atoms with E-state index >= 15 is 0 Å². The summed E-state index contributed by atoms with van der Waals surface area (Å²) in [5.74, 6) is -0.221. The molecule has 0 fully saturated rings. The molecule has 0 unspecified atom stereocenters. The minimum atomic E-state index is -0.221. The highest BCUT2D eigenvalue weighted by Crippen LogP contribution is 2.22. The van der Waals surface area contributed by atoms with Crippen molar-refractivity contribution in [3.8, 4) is 0 Å². The number of nitrogens with one attached hydrogen (secondary N) is 1. The molecule has 0 atom stereocenters. The van der Waals surface area contributed by atoms with E-state index in [2.05, 4.69) is 64.6 Å². The van der Waals surface area contributed by atoms with Crippen molar-refractivity contribution in [3.05, 3.63) is 119 Å². The Balaban J connectivity index is 1.41. The van der Waals surface area contributed by atoms with E-state index in [9.17, 15) is 4.79 Å². The van der Waals surface area contributed by atoms with Crippen molar-refractivity contribution in [2.24, 2.45) is 5.10 Å². The molecular weight excluding hydrogens is 394 g/mol. The molecule has 156 valence electrons. The number of hydrogen-bond donors (Lipinski definition) is 1. The molecule has 32 heavy (non-hydrogen) atoms. The standard InChI is InChI=1S/C28H23N3O/c1-20-8-6-9-21(16-20)18-31-19-23(25-13-4-5-15-27(25)31)17-29-30-28(32)26-14-7-11-22-10-2-3-12-24(22)26/h2-17,19H,18H2,1H3,(H,30,32)/b29-17-. The molecule has 5 aromatic rings. The van der Waals surface area contributed by atoms with Gasteiger partial charge in [0.15, 0.2) is 0 Å². The fourth-order valence-electron chi connectivity index (χ4n) is 4.16. The van der Waals surface area contributed by atoms with Gasteiger partial charge < -0.3 is 4.57 Å². The number of nitrogens with zero attached hydrogens (tertiary/aromatic N) is 2. The number of benzene rings is 4. The maximum atomic E-state index is 12.8. The smallest absolute Gasteiger partial charge is 0.271 e. The highest BCUT2D eigenvalue weighted by Gasteiger charge is 2.10. The Morgan fingerprint density at radius 1 is 0.906 bits per heavy atom. The number of rotatable bonds is 5. The molecule has 0 aliphatic rings. The Kier molecular flexibility index (Phi) is 5.26. The van der Waals surface area contributed by atoms with Gasteiger partial charge in [-0.05, 0) is 35.4 Å². The van der Waals surface area contributed by atoms with Crippen LogP contribution in [0.1, 0.15) is 27.0 Å². The van der Waals surface area contributed by atoms with E-state index in [0.29, 0.717) is 5.56 Å². The van der Waals surface area contributed by atoms with Crippen molar-refractivity contribution >= 4 is 33.8 Å². The molecule has 0 spiro atoms. The van der Waals surface area contributed by atoms with Gasteiger partial charge in [0.1, 0.15) is 0 Å². The van der Waals surface area contributed by atoms with E-state index in [-0.39, 0.29) is 5.91 Å². The Labute approximate surface area is 186 Å². The third kappa shape index (κ3) is 3.91. The van der Waals surface area contributed by atoms with Gasteiger partial charge in [-0.25, -0.2) is 5.43 Å². The van der Waals surface area contributed by atoms with Crippen LogP contribution >= 0.6 is 0 Å². The van der Waals surface area contributed by atoms with Crippen molar-refractivity contribution in [1.29, 1.82) is 0 Å². The van der Waals surface area contributed by atoms with Gasteiger partial charge >= 0.3 is 0 Å². The molecule has 0 aliphatic heterocycles. The lowest BCUT2D eigenvalue weighted by Gasteiger charge is -2.06. The highest BCUT2D eigenvalue weighted by molar-refractivity contribution is 6.07. The Bertz CT molecular complexity index is 1460. The van der Waals surface area contributed by atoms with E-state index in [0.717, 1.165) is 33.8 Å². The first-order valence-electron chi connectivity index (χ1n) is 10.6. The van der Waals surface area contributed by atoms with Gasteiger partial charge in [0.25, 0.3) is 5.91 Å². The Hall–Kier alpha value is -4.18. The average Bonchev–Trinajstić information content (AvgIpc) is 3.16. The molecule has 5 rings (SSSR count). The molecule has 1 aromatic heterocycles. The molecule has 1 N–H and O–H groups in total. The summed E-state index contributed by atoms with van der Waals surface area (Å²) in [6, 6.07) is 30.3. The van der Waals surface area contributed by atoms with Crippen molar-refractivity contribution < 1.29 is 4.79 Å². The van der Waals surface area contributed by atoms with Crippen LogP contribution in [-0.2, 0) is 6.54 Å². The van der Waals surface area contributed by atoms with Gasteiger partial charge in [0, 0.05) is 34.8 Å². The van der Waals surface area contributed by atoms with Crippen LogP contribution in [0, 0.1) is 6.92 Å². The van der Waals surface area contributed by atoms with E-state index in [1.807, 2.05) is 54.6 Å². The quantitative estimate of drug-likeness (QED) is 0.280. The molecule has 4 aromatic carbocycles. The topological polar surface area (TPSA) is 46.4 Å². The lowest BCUT2D eigenvalue weighted by molar-refractivity contribution is 0.0957. The summed E-state index contributed by atoms with van der Waals surface area (Å²) in [4.78, 5) is 12.8. The van der Waals surface area contributed by atoms with Crippen LogP contribution < -0.4 is 5.43 Å². The zero-order chi connectivity index (χ0) is 21.9. The zero-order valence-electron chi connectivity index (χ0n) is 17.8. The Morgan fingerprint density at radius 3 is 2.53 bits per heavy atom. The number of hydrazone groups is 1. The van der Waals surface area contributed by atoms with E-state index in [4.69, 9.17) is 0 Å². The predicted molar refractivity (Wildman–Crippen MR) is 131 cm³/mol. The summed E-state index contributed by atoms with van der Waals surface area (Å²) in [5, 5.41) is 7.32. The van der Waals surface area contributed by atoms with E-state index in [1.54, 1.807) is 6.21 Å². The first kappa shape index (κ1) is 19.8. The minimum Gasteiger partial charge on any atom is -0.342 e. The maximum Gasteiger partial charge on any atom is 0.271 e. The molecule has 4 heteroatoms. The highest BCUT2D eigenvalue weighted by atomic mass is 16.2. The molecule has 4 nitrogen and oxygen atoms in total. The normalized spacial score (nSPS) is 11.4. The molecule has 0 saturated carbocycles. The fraction of sp³-hybridized carbons (Fsp3) is 0.0714. The summed E-state index contributed by atoms with van der Waals surface area (Å²) in [6.07, 6.45) is 3.80. The summed E-state index contributed by atoms with van der Waals surface area (Å²) in [5.41, 5.74) is 7.90. The fourth-order valence-corrected chi connectivity index (χ4v) is 4.16. The van der Waals surface area contributed by atoms with Gasteiger partial charge in [0.05, 0.1) is 6.21 Å². The molecule has 1 heterocycles. The molecule has 1 amide bonds. The number of hydrogen-bond acceptors (Lipinski definition) is 2. The van der Waals surface area contributed by atoms with Gasteiger partial charge in [-0.1, -0.05) is 84.4 Å².